The topological polar surface area (TPSA) is 99.2 Å². The number of hydrogen-bond donors (Lipinski definition) is 2. The number of carbonyl (C=O) groups is 1. The van der Waals surface area contributed by atoms with Crippen LogP contribution in [-0.2, 0) is 16.4 Å². The van der Waals surface area contributed by atoms with Crippen LogP contribution in [-0.4, -0.2) is 75.2 Å². The predicted molar refractivity (Wildman–Crippen MR) is 129 cm³/mol. The first-order valence-electron chi connectivity index (χ1n) is 12.1. The highest BCUT2D eigenvalue weighted by Gasteiger charge is 2.45. The molecular weight excluding hydrogens is 473 g/mol. The Kier molecular flexibility index (Phi) is 6.45. The molecule has 1 saturated heterocycles. The van der Waals surface area contributed by atoms with Crippen molar-refractivity contribution >= 4 is 21.7 Å². The average Bonchev–Trinajstić information content (AvgIpc) is 3.62. The van der Waals surface area contributed by atoms with E-state index in [9.17, 15) is 22.7 Å². The Morgan fingerprint density at radius 2 is 1.91 bits per heavy atom. The highest BCUT2D eigenvalue weighted by Crippen LogP contribution is 2.55. The van der Waals surface area contributed by atoms with Crippen LogP contribution in [0, 0.1) is 11.7 Å². The van der Waals surface area contributed by atoms with E-state index in [2.05, 4.69) is 21.4 Å². The van der Waals surface area contributed by atoms with Crippen molar-refractivity contribution in [1.82, 2.24) is 9.80 Å². The second-order valence-electron chi connectivity index (χ2n) is 9.51. The number of likely N-dealkylation sites (N-methyl/N-ethyl adjacent to an activating group) is 1. The second kappa shape index (κ2) is 9.40. The monoisotopic (exact) mass is 503 g/mol. The zero-order valence-corrected chi connectivity index (χ0v) is 20.5. The number of hydrogen-bond acceptors (Lipinski definition) is 6. The minimum absolute atomic E-state index is 0.0525. The van der Waals surface area contributed by atoms with Crippen molar-refractivity contribution in [2.45, 2.75) is 30.6 Å². The number of nitrogens with one attached hydrogen (secondary N) is 1. The summed E-state index contributed by atoms with van der Waals surface area (Å²) in [5.41, 5.74) is 0.935. The lowest BCUT2D eigenvalue weighted by Gasteiger charge is -2.34. The maximum absolute atomic E-state index is 14.1. The van der Waals surface area contributed by atoms with Crippen LogP contribution in [0.3, 0.4) is 0 Å². The summed E-state index contributed by atoms with van der Waals surface area (Å²) in [7, 11) is -4.17. The molecule has 35 heavy (non-hydrogen) atoms. The highest BCUT2D eigenvalue weighted by atomic mass is 32.2. The number of nitrogens with zero attached hydrogens (tertiary/aromatic N) is 2. The van der Waals surface area contributed by atoms with Gasteiger partial charge < -0.3 is 19.6 Å². The zero-order valence-electron chi connectivity index (χ0n) is 19.7. The fourth-order valence-corrected chi connectivity index (χ4v) is 6.48. The molecule has 0 spiro atoms. The van der Waals surface area contributed by atoms with Gasteiger partial charge in [-0.2, -0.15) is 0 Å². The van der Waals surface area contributed by atoms with Crippen molar-refractivity contribution in [2.24, 2.45) is 5.92 Å². The third-order valence-corrected chi connectivity index (χ3v) is 8.80. The molecule has 0 radical (unpaired) electrons. The van der Waals surface area contributed by atoms with E-state index in [0.717, 1.165) is 50.8 Å². The van der Waals surface area contributed by atoms with E-state index < -0.39 is 21.8 Å². The fourth-order valence-electron chi connectivity index (χ4n) is 5.16. The van der Waals surface area contributed by atoms with Gasteiger partial charge in [0.15, 0.2) is 0 Å². The molecule has 2 atom stereocenters. The minimum atomic E-state index is -4.17. The summed E-state index contributed by atoms with van der Waals surface area (Å²) in [4.78, 5) is 16.6. The van der Waals surface area contributed by atoms with Crippen LogP contribution < -0.4 is 9.46 Å². The summed E-state index contributed by atoms with van der Waals surface area (Å²) >= 11 is 0. The number of rotatable bonds is 8. The van der Waals surface area contributed by atoms with Gasteiger partial charge >= 0.3 is 5.97 Å². The highest BCUT2D eigenvalue weighted by molar-refractivity contribution is 7.92. The van der Waals surface area contributed by atoms with Gasteiger partial charge in [0.1, 0.15) is 17.1 Å². The first kappa shape index (κ1) is 24.0. The summed E-state index contributed by atoms with van der Waals surface area (Å²) in [6.07, 6.45) is 1.31. The van der Waals surface area contributed by atoms with Crippen LogP contribution in [0.1, 0.15) is 40.7 Å². The molecule has 10 heteroatoms. The van der Waals surface area contributed by atoms with Gasteiger partial charge in [0.25, 0.3) is 10.0 Å². The fraction of sp³-hybridized carbons (Fsp3) is 0.480. The Bertz CT molecular complexity index is 1240. The van der Waals surface area contributed by atoms with Gasteiger partial charge in [-0.05, 0) is 60.7 Å². The Labute approximate surface area is 204 Å². The van der Waals surface area contributed by atoms with Crippen molar-refractivity contribution in [1.29, 1.82) is 0 Å². The molecule has 0 amide bonds. The molecule has 1 aliphatic carbocycles. The SMILES string of the molecule is CCN1CCN(CCc2cc(F)ccc2S(=O)(=O)Nc2ccc3c(c2C(=O)O)OC[C@H]2C[C@@H]32)CC1. The molecule has 1 saturated carbocycles. The summed E-state index contributed by atoms with van der Waals surface area (Å²) in [5, 5.41) is 9.87. The molecule has 2 N–H and O–H groups in total. The summed E-state index contributed by atoms with van der Waals surface area (Å²) in [6.45, 7) is 7.82. The van der Waals surface area contributed by atoms with Gasteiger partial charge in [-0.1, -0.05) is 13.0 Å². The van der Waals surface area contributed by atoms with Crippen LogP contribution >= 0.6 is 0 Å². The van der Waals surface area contributed by atoms with E-state index in [-0.39, 0.29) is 27.8 Å². The number of halogens is 1. The standard InChI is InChI=1S/C25H30FN3O5S/c1-2-28-9-11-29(12-10-28)8-7-16-13-18(26)3-6-22(16)35(32,33)27-21-5-4-19-20-14-17(20)15-34-24(19)23(21)25(30)31/h3-6,13,17,20,27H,2,7-12,14-15H2,1H3,(H,30,31)/t17-,20-/m1/s1. The molecule has 0 bridgehead atoms. The Morgan fingerprint density at radius 3 is 2.63 bits per heavy atom. The number of sulfonamides is 1. The van der Waals surface area contributed by atoms with Crippen molar-refractivity contribution < 1.29 is 27.4 Å². The van der Waals surface area contributed by atoms with E-state index in [4.69, 9.17) is 4.74 Å². The molecular formula is C25H30FN3O5S. The van der Waals surface area contributed by atoms with Gasteiger partial charge in [-0.15, -0.1) is 0 Å². The Morgan fingerprint density at radius 1 is 1.17 bits per heavy atom. The lowest BCUT2D eigenvalue weighted by molar-refractivity contribution is 0.0692. The summed E-state index contributed by atoms with van der Waals surface area (Å²) < 4.78 is 49.0. The van der Waals surface area contributed by atoms with Crippen LogP contribution in [0.4, 0.5) is 10.1 Å². The zero-order chi connectivity index (χ0) is 24.7. The maximum atomic E-state index is 14.1. The molecule has 2 aromatic rings. The molecule has 188 valence electrons. The first-order valence-corrected chi connectivity index (χ1v) is 13.5. The molecule has 0 aromatic heterocycles. The second-order valence-corrected chi connectivity index (χ2v) is 11.2. The molecule has 8 nitrogen and oxygen atoms in total. The molecule has 2 heterocycles. The lowest BCUT2D eigenvalue weighted by atomic mass is 10.0. The third kappa shape index (κ3) is 4.87. The van der Waals surface area contributed by atoms with Gasteiger partial charge in [0.2, 0.25) is 0 Å². The van der Waals surface area contributed by atoms with E-state index in [1.807, 2.05) is 0 Å². The third-order valence-electron chi connectivity index (χ3n) is 7.33. The number of carboxylic acid groups (broad SMARTS) is 1. The smallest absolute Gasteiger partial charge is 0.341 e. The summed E-state index contributed by atoms with van der Waals surface area (Å²) in [5.74, 6) is -0.864. The summed E-state index contributed by atoms with van der Waals surface area (Å²) in [6, 6.07) is 6.83. The van der Waals surface area contributed by atoms with E-state index in [1.54, 1.807) is 6.07 Å². The van der Waals surface area contributed by atoms with E-state index >= 15 is 0 Å². The number of anilines is 1. The maximum Gasteiger partial charge on any atom is 0.341 e. The van der Waals surface area contributed by atoms with Crippen molar-refractivity contribution in [2.75, 3.05) is 50.6 Å². The number of aromatic carboxylic acids is 1. The van der Waals surface area contributed by atoms with Crippen molar-refractivity contribution in [3.05, 3.63) is 52.8 Å². The van der Waals surface area contributed by atoms with Crippen molar-refractivity contribution in [3.8, 4) is 5.75 Å². The van der Waals surface area contributed by atoms with E-state index in [1.165, 1.54) is 18.2 Å². The quantitative estimate of drug-likeness (QED) is 0.571. The lowest BCUT2D eigenvalue weighted by Crippen LogP contribution is -2.46. The minimum Gasteiger partial charge on any atom is -0.492 e. The molecule has 5 rings (SSSR count). The number of fused-ring (bicyclic) bond motifs is 3. The van der Waals surface area contributed by atoms with Gasteiger partial charge in [-0.25, -0.2) is 17.6 Å². The Balaban J connectivity index is 1.39. The van der Waals surface area contributed by atoms with Crippen LogP contribution in [0.5, 0.6) is 5.75 Å². The average molecular weight is 504 g/mol. The van der Waals surface area contributed by atoms with Gasteiger partial charge in [-0.3, -0.25) is 4.72 Å². The molecule has 0 unspecified atom stereocenters. The van der Waals surface area contributed by atoms with Crippen molar-refractivity contribution in [3.63, 3.8) is 0 Å². The number of benzene rings is 2. The molecule has 2 aliphatic heterocycles. The Hall–Kier alpha value is -2.69. The number of ether oxygens (including phenoxy) is 1. The molecule has 2 aromatic carbocycles. The van der Waals surface area contributed by atoms with E-state index in [0.29, 0.717) is 31.1 Å². The molecule has 2 fully saturated rings. The van der Waals surface area contributed by atoms with Crippen LogP contribution in [0.2, 0.25) is 0 Å². The van der Waals surface area contributed by atoms with Gasteiger partial charge in [0, 0.05) is 38.6 Å². The first-order chi connectivity index (χ1) is 16.8. The predicted octanol–water partition coefficient (Wildman–Crippen LogP) is 3.00. The number of piperazine rings is 1. The van der Waals surface area contributed by atoms with Crippen LogP contribution in [0.25, 0.3) is 0 Å². The largest absolute Gasteiger partial charge is 0.492 e. The number of carboxylic acids is 1. The van der Waals surface area contributed by atoms with Crippen LogP contribution in [0.15, 0.2) is 35.2 Å². The normalized spacial score (nSPS) is 22.1. The van der Waals surface area contributed by atoms with Gasteiger partial charge in [0.05, 0.1) is 17.2 Å². The molecule has 3 aliphatic rings.